The van der Waals surface area contributed by atoms with E-state index in [4.69, 9.17) is 9.47 Å². The number of carbonyl (C=O) groups is 1. The van der Waals surface area contributed by atoms with Crippen molar-refractivity contribution < 1.29 is 14.3 Å². The van der Waals surface area contributed by atoms with Crippen molar-refractivity contribution in [2.75, 3.05) is 7.11 Å². The molecule has 0 bridgehead atoms. The fourth-order valence-corrected chi connectivity index (χ4v) is 3.70. The molecule has 7 heteroatoms. The Morgan fingerprint density at radius 2 is 1.91 bits per heavy atom. The van der Waals surface area contributed by atoms with Crippen LogP contribution in [0, 0.1) is 18.3 Å². The zero-order valence-corrected chi connectivity index (χ0v) is 18.2. The van der Waals surface area contributed by atoms with Crippen molar-refractivity contribution in [2.24, 2.45) is 0 Å². The van der Waals surface area contributed by atoms with Crippen molar-refractivity contribution in [3.05, 3.63) is 70.8 Å². The first-order valence-corrected chi connectivity index (χ1v) is 10.6. The molecule has 0 aliphatic carbocycles. The number of aromatic nitrogens is 3. The monoisotopic (exact) mass is 428 g/mol. The predicted octanol–water partition coefficient (Wildman–Crippen LogP) is 4.60. The summed E-state index contributed by atoms with van der Waals surface area (Å²) >= 11 is 0. The molecule has 2 heterocycles. The van der Waals surface area contributed by atoms with E-state index in [0.29, 0.717) is 28.5 Å². The van der Waals surface area contributed by atoms with Gasteiger partial charge in [-0.25, -0.2) is 4.79 Å². The fraction of sp³-hybridized carbons (Fsp3) is 0.280. The Kier molecular flexibility index (Phi) is 6.31. The lowest BCUT2D eigenvalue weighted by Crippen LogP contribution is -2.09. The molecule has 0 saturated heterocycles. The lowest BCUT2D eigenvalue weighted by molar-refractivity contribution is 0.0729. The largest absolute Gasteiger partial charge is 0.493 e. The molecule has 162 valence electrons. The number of ether oxygens (including phenoxy) is 2. The summed E-state index contributed by atoms with van der Waals surface area (Å²) in [6.07, 6.45) is 5.90. The van der Waals surface area contributed by atoms with Gasteiger partial charge in [0.25, 0.3) is 0 Å². The van der Waals surface area contributed by atoms with Gasteiger partial charge in [0.2, 0.25) is 0 Å². The molecular formula is C25H24N4O3. The van der Waals surface area contributed by atoms with E-state index in [-0.39, 0.29) is 0 Å². The van der Waals surface area contributed by atoms with Gasteiger partial charge in [0.15, 0.2) is 17.3 Å². The van der Waals surface area contributed by atoms with Gasteiger partial charge >= 0.3 is 5.97 Å². The second-order valence-corrected chi connectivity index (χ2v) is 7.74. The van der Waals surface area contributed by atoms with E-state index in [0.717, 1.165) is 49.2 Å². The third kappa shape index (κ3) is 4.54. The second-order valence-electron chi connectivity index (χ2n) is 7.74. The summed E-state index contributed by atoms with van der Waals surface area (Å²) in [4.78, 5) is 12.5. The van der Waals surface area contributed by atoms with Gasteiger partial charge in [0.1, 0.15) is 11.9 Å². The number of nitriles is 1. The zero-order valence-electron chi connectivity index (χ0n) is 18.2. The lowest BCUT2D eigenvalue weighted by atomic mass is 10.1. The van der Waals surface area contributed by atoms with Crippen LogP contribution in [0.15, 0.2) is 42.5 Å². The average Bonchev–Trinajstić information content (AvgIpc) is 3.06. The van der Waals surface area contributed by atoms with Crippen LogP contribution < -0.4 is 9.47 Å². The Morgan fingerprint density at radius 3 is 2.66 bits per heavy atom. The smallest absolute Gasteiger partial charge is 0.343 e. The van der Waals surface area contributed by atoms with Crippen molar-refractivity contribution in [1.29, 1.82) is 5.26 Å². The quantitative estimate of drug-likeness (QED) is 0.335. The van der Waals surface area contributed by atoms with E-state index in [1.807, 2.05) is 23.6 Å². The number of hydrogen-bond acceptors (Lipinski definition) is 6. The van der Waals surface area contributed by atoms with Crippen LogP contribution in [0.4, 0.5) is 0 Å². The Labute approximate surface area is 186 Å². The maximum absolute atomic E-state index is 12.5. The molecule has 0 saturated carbocycles. The van der Waals surface area contributed by atoms with Crippen LogP contribution in [0.1, 0.15) is 52.4 Å². The first-order chi connectivity index (χ1) is 15.6. The SMILES string of the molecule is COc1cc(/C=C(\C#N)c2nnc3n2CCCCC3)ccc1OC(=O)c1ccc(C)cc1. The third-order valence-corrected chi connectivity index (χ3v) is 5.46. The molecule has 3 aromatic rings. The van der Waals surface area contributed by atoms with Gasteiger partial charge in [0.05, 0.1) is 18.2 Å². The summed E-state index contributed by atoms with van der Waals surface area (Å²) in [7, 11) is 1.51. The maximum atomic E-state index is 12.5. The van der Waals surface area contributed by atoms with E-state index in [1.165, 1.54) is 7.11 Å². The zero-order chi connectivity index (χ0) is 22.5. The standard InChI is InChI=1S/C25H24N4O3/c1-17-7-10-19(11-8-17)25(30)32-21-12-9-18(15-22(21)31-2)14-20(16-26)24-28-27-23-6-4-3-5-13-29(23)24/h7-12,14-15H,3-6,13H2,1-2H3/b20-14+. The van der Waals surface area contributed by atoms with Gasteiger partial charge in [-0.2, -0.15) is 5.26 Å². The minimum atomic E-state index is -0.463. The van der Waals surface area contributed by atoms with E-state index in [2.05, 4.69) is 16.3 Å². The molecular weight excluding hydrogens is 404 g/mol. The summed E-state index contributed by atoms with van der Waals surface area (Å²) in [6, 6.07) is 14.6. The van der Waals surface area contributed by atoms with Crippen LogP contribution in [-0.2, 0) is 13.0 Å². The molecule has 0 N–H and O–H groups in total. The average molecular weight is 428 g/mol. The molecule has 0 amide bonds. The molecule has 0 unspecified atom stereocenters. The van der Waals surface area contributed by atoms with Gasteiger partial charge in [-0.1, -0.05) is 30.2 Å². The molecule has 4 rings (SSSR count). The molecule has 0 atom stereocenters. The number of rotatable bonds is 5. The molecule has 2 aromatic carbocycles. The predicted molar refractivity (Wildman–Crippen MR) is 120 cm³/mol. The number of allylic oxidation sites excluding steroid dienone is 1. The third-order valence-electron chi connectivity index (χ3n) is 5.46. The molecule has 0 spiro atoms. The Balaban J connectivity index is 1.60. The van der Waals surface area contributed by atoms with Crippen molar-refractivity contribution >= 4 is 17.6 Å². The van der Waals surface area contributed by atoms with Crippen LogP contribution in [0.2, 0.25) is 0 Å². The highest BCUT2D eigenvalue weighted by Crippen LogP contribution is 2.31. The Morgan fingerprint density at radius 1 is 1.09 bits per heavy atom. The molecule has 1 aliphatic rings. The first-order valence-electron chi connectivity index (χ1n) is 10.6. The summed E-state index contributed by atoms with van der Waals surface area (Å²) in [5, 5.41) is 18.3. The number of methoxy groups -OCH3 is 1. The lowest BCUT2D eigenvalue weighted by Gasteiger charge is -2.10. The van der Waals surface area contributed by atoms with E-state index in [9.17, 15) is 10.1 Å². The maximum Gasteiger partial charge on any atom is 0.343 e. The molecule has 0 fully saturated rings. The molecule has 1 aromatic heterocycles. The molecule has 32 heavy (non-hydrogen) atoms. The normalized spacial score (nSPS) is 13.6. The van der Waals surface area contributed by atoms with E-state index < -0.39 is 5.97 Å². The highest BCUT2D eigenvalue weighted by molar-refractivity contribution is 5.92. The van der Waals surface area contributed by atoms with Gasteiger partial charge in [-0.05, 0) is 55.7 Å². The van der Waals surface area contributed by atoms with E-state index in [1.54, 1.807) is 36.4 Å². The number of aryl methyl sites for hydroxylation is 2. The Hall–Kier alpha value is -3.92. The van der Waals surface area contributed by atoms with Gasteiger partial charge in [-0.15, -0.1) is 10.2 Å². The fourth-order valence-electron chi connectivity index (χ4n) is 3.70. The summed E-state index contributed by atoms with van der Waals surface area (Å²) in [5.41, 5.74) is 2.69. The molecule has 7 nitrogen and oxygen atoms in total. The molecule has 1 aliphatic heterocycles. The number of nitrogens with zero attached hydrogens (tertiary/aromatic N) is 4. The van der Waals surface area contributed by atoms with Crippen LogP contribution in [0.3, 0.4) is 0 Å². The minimum absolute atomic E-state index is 0.310. The highest BCUT2D eigenvalue weighted by atomic mass is 16.6. The van der Waals surface area contributed by atoms with Gasteiger partial charge in [0, 0.05) is 13.0 Å². The summed E-state index contributed by atoms with van der Waals surface area (Å²) in [5.74, 6) is 1.75. The molecule has 0 radical (unpaired) electrons. The van der Waals surface area contributed by atoms with Crippen LogP contribution in [-0.4, -0.2) is 27.8 Å². The van der Waals surface area contributed by atoms with Gasteiger partial charge < -0.3 is 14.0 Å². The number of benzene rings is 2. The van der Waals surface area contributed by atoms with Crippen LogP contribution in [0.5, 0.6) is 11.5 Å². The van der Waals surface area contributed by atoms with Crippen molar-refractivity contribution in [3.63, 3.8) is 0 Å². The van der Waals surface area contributed by atoms with E-state index >= 15 is 0 Å². The number of esters is 1. The van der Waals surface area contributed by atoms with Gasteiger partial charge in [-0.3, -0.25) is 0 Å². The number of carbonyl (C=O) groups excluding carboxylic acids is 1. The number of fused-ring (bicyclic) bond motifs is 1. The van der Waals surface area contributed by atoms with Crippen molar-refractivity contribution in [2.45, 2.75) is 39.2 Å². The van der Waals surface area contributed by atoms with Crippen LogP contribution in [0.25, 0.3) is 11.6 Å². The topological polar surface area (TPSA) is 90.0 Å². The van der Waals surface area contributed by atoms with Crippen molar-refractivity contribution in [3.8, 4) is 17.6 Å². The minimum Gasteiger partial charge on any atom is -0.493 e. The number of hydrogen-bond donors (Lipinski definition) is 0. The van der Waals surface area contributed by atoms with Crippen LogP contribution >= 0.6 is 0 Å². The summed E-state index contributed by atoms with van der Waals surface area (Å²) < 4.78 is 13.0. The second kappa shape index (κ2) is 9.48. The first kappa shape index (κ1) is 21.3. The Bertz CT molecular complexity index is 1200. The summed E-state index contributed by atoms with van der Waals surface area (Å²) in [6.45, 7) is 2.77. The highest BCUT2D eigenvalue weighted by Gasteiger charge is 2.18. The van der Waals surface area contributed by atoms with Crippen molar-refractivity contribution in [1.82, 2.24) is 14.8 Å².